The SMILES string of the molecule is Cn1cc(-c2cc(C(=O)ON3C(=O)c4ccccc4C3=O)on2)cn1. The molecule has 1 aliphatic rings. The Balaban J connectivity index is 1.55. The van der Waals surface area contributed by atoms with Crippen LogP contribution in [-0.2, 0) is 11.9 Å². The fraction of sp³-hybridized carbons (Fsp3) is 0.0625. The minimum Gasteiger partial charge on any atom is -0.348 e. The van der Waals surface area contributed by atoms with Crippen LogP contribution in [0, 0.1) is 0 Å². The zero-order valence-electron chi connectivity index (χ0n) is 12.9. The van der Waals surface area contributed by atoms with Gasteiger partial charge in [-0.2, -0.15) is 5.10 Å². The van der Waals surface area contributed by atoms with E-state index in [-0.39, 0.29) is 16.9 Å². The fourth-order valence-electron chi connectivity index (χ4n) is 2.44. The van der Waals surface area contributed by atoms with E-state index in [4.69, 9.17) is 9.36 Å². The summed E-state index contributed by atoms with van der Waals surface area (Å²) in [6, 6.07) is 7.55. The standard InChI is InChI=1S/C16H10N4O5/c1-19-8-9(7-17-19)12-6-13(24-18-12)16(23)25-20-14(21)10-4-2-3-5-11(10)15(20)22/h2-8H,1H3. The first-order valence-electron chi connectivity index (χ1n) is 7.20. The number of carbonyl (C=O) groups is 3. The van der Waals surface area contributed by atoms with E-state index in [0.29, 0.717) is 16.3 Å². The molecule has 9 heteroatoms. The van der Waals surface area contributed by atoms with E-state index in [1.165, 1.54) is 18.2 Å². The quantitative estimate of drug-likeness (QED) is 0.665. The van der Waals surface area contributed by atoms with Gasteiger partial charge < -0.3 is 9.36 Å². The van der Waals surface area contributed by atoms with Crippen LogP contribution in [0.1, 0.15) is 31.3 Å². The Morgan fingerprint density at radius 3 is 2.44 bits per heavy atom. The molecule has 25 heavy (non-hydrogen) atoms. The second kappa shape index (κ2) is 5.41. The van der Waals surface area contributed by atoms with Gasteiger partial charge in [0.05, 0.1) is 17.3 Å². The van der Waals surface area contributed by atoms with E-state index in [2.05, 4.69) is 10.3 Å². The van der Waals surface area contributed by atoms with Crippen LogP contribution < -0.4 is 0 Å². The maximum Gasteiger partial charge on any atom is 0.401 e. The van der Waals surface area contributed by atoms with Crippen molar-refractivity contribution < 1.29 is 23.7 Å². The van der Waals surface area contributed by atoms with Gasteiger partial charge in [0.25, 0.3) is 11.8 Å². The Bertz CT molecular complexity index is 984. The largest absolute Gasteiger partial charge is 0.401 e. The van der Waals surface area contributed by atoms with Crippen LogP contribution >= 0.6 is 0 Å². The van der Waals surface area contributed by atoms with Crippen molar-refractivity contribution in [1.29, 1.82) is 0 Å². The lowest BCUT2D eigenvalue weighted by molar-refractivity contribution is -0.0607. The van der Waals surface area contributed by atoms with E-state index < -0.39 is 17.8 Å². The van der Waals surface area contributed by atoms with Crippen LogP contribution in [-0.4, -0.2) is 37.8 Å². The Morgan fingerprint density at radius 2 is 1.84 bits per heavy atom. The first-order chi connectivity index (χ1) is 12.0. The van der Waals surface area contributed by atoms with Gasteiger partial charge in [0.2, 0.25) is 5.76 Å². The molecule has 124 valence electrons. The molecule has 9 nitrogen and oxygen atoms in total. The van der Waals surface area contributed by atoms with Crippen LogP contribution in [0.2, 0.25) is 0 Å². The van der Waals surface area contributed by atoms with Crippen molar-refractivity contribution in [2.45, 2.75) is 0 Å². The number of fused-ring (bicyclic) bond motifs is 1. The van der Waals surface area contributed by atoms with Crippen molar-refractivity contribution in [3.63, 3.8) is 0 Å². The van der Waals surface area contributed by atoms with E-state index in [1.54, 1.807) is 36.3 Å². The molecule has 0 radical (unpaired) electrons. The zero-order valence-corrected chi connectivity index (χ0v) is 12.9. The molecule has 0 saturated heterocycles. The first-order valence-corrected chi connectivity index (χ1v) is 7.20. The van der Waals surface area contributed by atoms with Crippen LogP contribution in [0.4, 0.5) is 0 Å². The average Bonchev–Trinajstić information content (AvgIpc) is 3.31. The highest BCUT2D eigenvalue weighted by Crippen LogP contribution is 2.24. The molecule has 3 heterocycles. The molecular formula is C16H10N4O5. The summed E-state index contributed by atoms with van der Waals surface area (Å²) >= 11 is 0. The molecule has 1 aliphatic heterocycles. The molecule has 0 saturated carbocycles. The molecule has 2 amide bonds. The summed E-state index contributed by atoms with van der Waals surface area (Å²) in [7, 11) is 1.74. The van der Waals surface area contributed by atoms with Crippen LogP contribution in [0.25, 0.3) is 11.3 Å². The molecule has 2 aromatic heterocycles. The number of hydroxylamine groups is 2. The third-order valence-corrected chi connectivity index (χ3v) is 3.64. The summed E-state index contributed by atoms with van der Waals surface area (Å²) in [4.78, 5) is 41.4. The van der Waals surface area contributed by atoms with Gasteiger partial charge in [0.1, 0.15) is 5.69 Å². The third kappa shape index (κ3) is 2.38. The second-order valence-corrected chi connectivity index (χ2v) is 5.31. The lowest BCUT2D eigenvalue weighted by Crippen LogP contribution is -2.32. The lowest BCUT2D eigenvalue weighted by Gasteiger charge is -2.10. The zero-order chi connectivity index (χ0) is 17.6. The second-order valence-electron chi connectivity index (χ2n) is 5.31. The Hall–Kier alpha value is -3.75. The van der Waals surface area contributed by atoms with Gasteiger partial charge in [0, 0.05) is 24.9 Å². The maximum atomic E-state index is 12.2. The summed E-state index contributed by atoms with van der Waals surface area (Å²) in [6.45, 7) is 0. The van der Waals surface area contributed by atoms with Crippen LogP contribution in [0.3, 0.4) is 0 Å². The van der Waals surface area contributed by atoms with Gasteiger partial charge in [-0.05, 0) is 12.1 Å². The van der Waals surface area contributed by atoms with E-state index >= 15 is 0 Å². The predicted molar refractivity (Wildman–Crippen MR) is 81.1 cm³/mol. The summed E-state index contributed by atoms with van der Waals surface area (Å²) in [6.07, 6.45) is 3.24. The highest BCUT2D eigenvalue weighted by atomic mass is 16.7. The van der Waals surface area contributed by atoms with Gasteiger partial charge >= 0.3 is 5.97 Å². The van der Waals surface area contributed by atoms with Crippen LogP contribution in [0.15, 0.2) is 47.2 Å². The summed E-state index contributed by atoms with van der Waals surface area (Å²) < 4.78 is 6.51. The molecular weight excluding hydrogens is 328 g/mol. The van der Waals surface area contributed by atoms with Gasteiger partial charge in [0.15, 0.2) is 0 Å². The lowest BCUT2D eigenvalue weighted by atomic mass is 10.1. The van der Waals surface area contributed by atoms with Crippen molar-refractivity contribution in [2.75, 3.05) is 0 Å². The van der Waals surface area contributed by atoms with Gasteiger partial charge in [-0.3, -0.25) is 14.3 Å². The van der Waals surface area contributed by atoms with E-state index in [0.717, 1.165) is 0 Å². The molecule has 0 aliphatic carbocycles. The number of rotatable bonds is 3. The number of hydrogen-bond acceptors (Lipinski definition) is 7. The van der Waals surface area contributed by atoms with Crippen molar-refractivity contribution >= 4 is 17.8 Å². The normalized spacial score (nSPS) is 13.2. The van der Waals surface area contributed by atoms with Gasteiger partial charge in [-0.15, -0.1) is 0 Å². The summed E-state index contributed by atoms with van der Waals surface area (Å²) in [5.41, 5.74) is 1.37. The number of benzene rings is 1. The molecule has 0 spiro atoms. The Kier molecular flexibility index (Phi) is 3.21. The molecule has 0 atom stereocenters. The minimum atomic E-state index is -1.00. The Morgan fingerprint density at radius 1 is 1.16 bits per heavy atom. The highest BCUT2D eigenvalue weighted by Gasteiger charge is 2.39. The predicted octanol–water partition coefficient (Wildman–Crippen LogP) is 1.44. The number of amides is 2. The molecule has 0 bridgehead atoms. The van der Waals surface area contributed by atoms with E-state index in [1.807, 2.05) is 0 Å². The number of imide groups is 1. The van der Waals surface area contributed by atoms with Gasteiger partial charge in [-0.1, -0.05) is 22.4 Å². The number of hydrogen-bond donors (Lipinski definition) is 0. The van der Waals surface area contributed by atoms with Crippen molar-refractivity contribution in [3.8, 4) is 11.3 Å². The van der Waals surface area contributed by atoms with Crippen LogP contribution in [0.5, 0.6) is 0 Å². The molecule has 0 fully saturated rings. The van der Waals surface area contributed by atoms with Gasteiger partial charge in [-0.25, -0.2) is 4.79 Å². The van der Waals surface area contributed by atoms with Crippen molar-refractivity contribution in [3.05, 3.63) is 59.6 Å². The maximum absolute atomic E-state index is 12.2. The number of nitrogens with zero attached hydrogens (tertiary/aromatic N) is 4. The summed E-state index contributed by atoms with van der Waals surface area (Å²) in [5.74, 6) is -2.66. The molecule has 1 aromatic carbocycles. The molecule has 0 N–H and O–H groups in total. The first kappa shape index (κ1) is 14.8. The molecule has 4 rings (SSSR count). The number of aromatic nitrogens is 3. The Labute approximate surface area is 140 Å². The topological polar surface area (TPSA) is 108 Å². The van der Waals surface area contributed by atoms with Crippen molar-refractivity contribution in [2.24, 2.45) is 7.05 Å². The summed E-state index contributed by atoms with van der Waals surface area (Å²) in [5, 5.41) is 8.17. The van der Waals surface area contributed by atoms with Crippen molar-refractivity contribution in [1.82, 2.24) is 20.0 Å². The monoisotopic (exact) mass is 338 g/mol. The fourth-order valence-corrected chi connectivity index (χ4v) is 2.44. The smallest absolute Gasteiger partial charge is 0.348 e. The third-order valence-electron chi connectivity index (χ3n) is 3.64. The number of aryl methyl sites for hydroxylation is 1. The van der Waals surface area contributed by atoms with E-state index in [9.17, 15) is 14.4 Å². The molecule has 0 unspecified atom stereocenters. The highest BCUT2D eigenvalue weighted by molar-refractivity contribution is 6.21. The molecule has 3 aromatic rings. The average molecular weight is 338 g/mol. The minimum absolute atomic E-state index is 0.175. The number of carbonyl (C=O) groups excluding carboxylic acids is 3.